The minimum Gasteiger partial charge on any atom is -0.396 e. The molecule has 84 valence electrons. The summed E-state index contributed by atoms with van der Waals surface area (Å²) in [6, 6.07) is 0.749. The van der Waals surface area contributed by atoms with E-state index in [4.69, 9.17) is 5.11 Å². The van der Waals surface area contributed by atoms with Crippen LogP contribution in [-0.2, 0) is 0 Å². The Bertz CT molecular complexity index is 138. The Hall–Kier alpha value is -0.0800. The van der Waals surface area contributed by atoms with Gasteiger partial charge in [0.05, 0.1) is 0 Å². The van der Waals surface area contributed by atoms with Crippen molar-refractivity contribution in [2.24, 2.45) is 5.92 Å². The van der Waals surface area contributed by atoms with Gasteiger partial charge in [-0.3, -0.25) is 0 Å². The minimum atomic E-state index is 0.337. The van der Waals surface area contributed by atoms with Gasteiger partial charge in [-0.1, -0.05) is 19.8 Å². The number of rotatable bonds is 5. The van der Waals surface area contributed by atoms with Crippen LogP contribution in [0.5, 0.6) is 0 Å². The molecule has 0 amide bonds. The minimum absolute atomic E-state index is 0.337. The van der Waals surface area contributed by atoms with Crippen LogP contribution in [0.3, 0.4) is 0 Å². The quantitative estimate of drug-likeness (QED) is 0.526. The molecular formula is C12H25NO. The van der Waals surface area contributed by atoms with Gasteiger partial charge in [-0.25, -0.2) is 0 Å². The molecule has 0 aliphatic heterocycles. The molecule has 2 heteroatoms. The first-order chi connectivity index (χ1) is 6.83. The highest BCUT2D eigenvalue weighted by molar-refractivity contribution is 4.73. The van der Waals surface area contributed by atoms with E-state index in [0.717, 1.165) is 31.3 Å². The maximum atomic E-state index is 8.66. The molecule has 0 bridgehead atoms. The largest absolute Gasteiger partial charge is 0.396 e. The van der Waals surface area contributed by atoms with Crippen LogP contribution >= 0.6 is 0 Å². The summed E-state index contributed by atoms with van der Waals surface area (Å²) in [6.45, 7) is 3.79. The molecule has 0 heterocycles. The molecule has 2 nitrogen and oxygen atoms in total. The van der Waals surface area contributed by atoms with Crippen LogP contribution in [-0.4, -0.2) is 24.3 Å². The van der Waals surface area contributed by atoms with Crippen LogP contribution in [0.1, 0.15) is 51.9 Å². The average Bonchev–Trinajstić information content (AvgIpc) is 2.38. The zero-order valence-electron chi connectivity index (χ0n) is 9.47. The molecule has 0 radical (unpaired) electrons. The lowest BCUT2D eigenvalue weighted by atomic mass is 10.0. The summed E-state index contributed by atoms with van der Waals surface area (Å²) in [6.07, 6.45) is 8.94. The van der Waals surface area contributed by atoms with Crippen molar-refractivity contribution in [1.82, 2.24) is 5.32 Å². The lowest BCUT2D eigenvalue weighted by Crippen LogP contribution is -2.29. The van der Waals surface area contributed by atoms with Crippen molar-refractivity contribution >= 4 is 0 Å². The predicted molar refractivity (Wildman–Crippen MR) is 60.4 cm³/mol. The summed E-state index contributed by atoms with van der Waals surface area (Å²) in [5.41, 5.74) is 0. The molecule has 14 heavy (non-hydrogen) atoms. The third-order valence-electron chi connectivity index (χ3n) is 3.28. The number of aliphatic hydroxyl groups is 1. The molecule has 1 fully saturated rings. The van der Waals surface area contributed by atoms with Crippen molar-refractivity contribution in [3.8, 4) is 0 Å². The van der Waals surface area contributed by atoms with Crippen molar-refractivity contribution in [3.05, 3.63) is 0 Å². The Morgan fingerprint density at radius 1 is 1.14 bits per heavy atom. The van der Waals surface area contributed by atoms with E-state index in [1.54, 1.807) is 0 Å². The molecule has 0 saturated heterocycles. The van der Waals surface area contributed by atoms with Gasteiger partial charge < -0.3 is 10.4 Å². The topological polar surface area (TPSA) is 32.3 Å². The van der Waals surface area contributed by atoms with E-state index >= 15 is 0 Å². The first-order valence-corrected chi connectivity index (χ1v) is 6.17. The van der Waals surface area contributed by atoms with Gasteiger partial charge in [0.15, 0.2) is 0 Å². The van der Waals surface area contributed by atoms with Gasteiger partial charge in [0.2, 0.25) is 0 Å². The molecule has 2 unspecified atom stereocenters. The highest BCUT2D eigenvalue weighted by atomic mass is 16.2. The van der Waals surface area contributed by atoms with E-state index in [-0.39, 0.29) is 0 Å². The molecule has 0 aromatic rings. The van der Waals surface area contributed by atoms with E-state index in [2.05, 4.69) is 12.2 Å². The van der Waals surface area contributed by atoms with E-state index in [0.29, 0.717) is 6.61 Å². The summed E-state index contributed by atoms with van der Waals surface area (Å²) in [5, 5.41) is 12.3. The standard InChI is InChI=1S/C12H25NO/c1-11-5-4-6-12(8-7-11)13-9-2-3-10-14/h11-14H,2-10H2,1H3. The second-order valence-corrected chi connectivity index (χ2v) is 4.70. The molecule has 0 spiro atoms. The molecule has 0 aromatic heterocycles. The molecule has 1 aliphatic carbocycles. The number of unbranched alkanes of at least 4 members (excludes halogenated alkanes) is 1. The van der Waals surface area contributed by atoms with E-state index in [1.165, 1.54) is 32.1 Å². The van der Waals surface area contributed by atoms with Crippen LogP contribution in [0.15, 0.2) is 0 Å². The SMILES string of the molecule is CC1CCCC(NCCCCO)CC1. The Kier molecular flexibility index (Phi) is 6.20. The lowest BCUT2D eigenvalue weighted by molar-refractivity contribution is 0.282. The van der Waals surface area contributed by atoms with Gasteiger partial charge in [-0.05, 0) is 44.6 Å². The maximum Gasteiger partial charge on any atom is 0.0431 e. The van der Waals surface area contributed by atoms with Crippen molar-refractivity contribution < 1.29 is 5.11 Å². The lowest BCUT2D eigenvalue weighted by Gasteiger charge is -2.15. The average molecular weight is 199 g/mol. The third-order valence-corrected chi connectivity index (χ3v) is 3.28. The highest BCUT2D eigenvalue weighted by Gasteiger charge is 2.14. The molecule has 2 N–H and O–H groups in total. The maximum absolute atomic E-state index is 8.66. The molecule has 1 aliphatic rings. The van der Waals surface area contributed by atoms with Gasteiger partial charge in [-0.2, -0.15) is 0 Å². The van der Waals surface area contributed by atoms with Crippen LogP contribution in [0.2, 0.25) is 0 Å². The van der Waals surface area contributed by atoms with Crippen LogP contribution in [0.4, 0.5) is 0 Å². The molecule has 1 rings (SSSR count). The normalized spacial score (nSPS) is 28.7. The molecule has 2 atom stereocenters. The van der Waals surface area contributed by atoms with Crippen LogP contribution in [0.25, 0.3) is 0 Å². The summed E-state index contributed by atoms with van der Waals surface area (Å²) < 4.78 is 0. The molecule has 0 aromatic carbocycles. The predicted octanol–water partition coefficient (Wildman–Crippen LogP) is 2.32. The van der Waals surface area contributed by atoms with Crippen LogP contribution in [0, 0.1) is 5.92 Å². The van der Waals surface area contributed by atoms with Crippen molar-refractivity contribution in [2.75, 3.05) is 13.2 Å². The Labute approximate surface area is 88.1 Å². The van der Waals surface area contributed by atoms with Crippen molar-refractivity contribution in [1.29, 1.82) is 0 Å². The number of aliphatic hydroxyl groups excluding tert-OH is 1. The summed E-state index contributed by atoms with van der Waals surface area (Å²) in [5.74, 6) is 0.930. The summed E-state index contributed by atoms with van der Waals surface area (Å²) in [7, 11) is 0. The zero-order chi connectivity index (χ0) is 10.2. The molecular weight excluding hydrogens is 174 g/mol. The summed E-state index contributed by atoms with van der Waals surface area (Å²) >= 11 is 0. The van der Waals surface area contributed by atoms with E-state index < -0.39 is 0 Å². The first-order valence-electron chi connectivity index (χ1n) is 6.17. The van der Waals surface area contributed by atoms with Crippen molar-refractivity contribution in [3.63, 3.8) is 0 Å². The fourth-order valence-electron chi connectivity index (χ4n) is 2.23. The second kappa shape index (κ2) is 7.24. The summed E-state index contributed by atoms with van der Waals surface area (Å²) in [4.78, 5) is 0. The van der Waals surface area contributed by atoms with Crippen molar-refractivity contribution in [2.45, 2.75) is 57.9 Å². The fraction of sp³-hybridized carbons (Fsp3) is 1.00. The number of nitrogens with one attached hydrogen (secondary N) is 1. The smallest absolute Gasteiger partial charge is 0.0431 e. The number of hydrogen-bond donors (Lipinski definition) is 2. The van der Waals surface area contributed by atoms with Gasteiger partial charge >= 0.3 is 0 Å². The zero-order valence-corrected chi connectivity index (χ0v) is 9.47. The van der Waals surface area contributed by atoms with Gasteiger partial charge in [-0.15, -0.1) is 0 Å². The van der Waals surface area contributed by atoms with Gasteiger partial charge in [0, 0.05) is 12.6 Å². The Morgan fingerprint density at radius 3 is 2.79 bits per heavy atom. The van der Waals surface area contributed by atoms with E-state index in [1.807, 2.05) is 0 Å². The molecule has 1 saturated carbocycles. The Morgan fingerprint density at radius 2 is 2.00 bits per heavy atom. The third kappa shape index (κ3) is 4.97. The Balaban J connectivity index is 2.05. The van der Waals surface area contributed by atoms with Crippen LogP contribution < -0.4 is 5.32 Å². The van der Waals surface area contributed by atoms with Gasteiger partial charge in [0.25, 0.3) is 0 Å². The second-order valence-electron chi connectivity index (χ2n) is 4.70. The van der Waals surface area contributed by atoms with Gasteiger partial charge in [0.1, 0.15) is 0 Å². The number of hydrogen-bond acceptors (Lipinski definition) is 2. The monoisotopic (exact) mass is 199 g/mol. The fourth-order valence-corrected chi connectivity index (χ4v) is 2.23. The first kappa shape index (κ1) is 12.0. The van der Waals surface area contributed by atoms with E-state index in [9.17, 15) is 0 Å². The highest BCUT2D eigenvalue weighted by Crippen LogP contribution is 2.22.